The molecule has 0 radical (unpaired) electrons. The van der Waals surface area contributed by atoms with Crippen molar-refractivity contribution in [3.63, 3.8) is 0 Å². The molecule has 0 spiro atoms. The van der Waals surface area contributed by atoms with Crippen LogP contribution >= 0.6 is 0 Å². The van der Waals surface area contributed by atoms with Crippen molar-refractivity contribution >= 4 is 17.7 Å². The van der Waals surface area contributed by atoms with Gasteiger partial charge in [0.2, 0.25) is 0 Å². The van der Waals surface area contributed by atoms with E-state index in [4.69, 9.17) is 21.7 Å². The summed E-state index contributed by atoms with van der Waals surface area (Å²) in [5, 5.41) is 17.0. The van der Waals surface area contributed by atoms with Gasteiger partial charge < -0.3 is 21.7 Å². The van der Waals surface area contributed by atoms with Crippen LogP contribution < -0.4 is 11.5 Å². The largest absolute Gasteiger partial charge is 0.481 e. The Bertz CT molecular complexity index is 630. The summed E-state index contributed by atoms with van der Waals surface area (Å²) in [5.41, 5.74) is 12.4. The number of nitrogens with two attached hydrogens (primary N) is 2. The number of hydrogen-bond acceptors (Lipinski definition) is 5. The zero-order valence-corrected chi connectivity index (χ0v) is 16.3. The van der Waals surface area contributed by atoms with Crippen LogP contribution in [0.25, 0.3) is 0 Å². The Balaban J connectivity index is 0.000000336. The Kier molecular flexibility index (Phi) is 11.1. The van der Waals surface area contributed by atoms with Gasteiger partial charge in [0.1, 0.15) is 11.8 Å². The predicted octanol–water partition coefficient (Wildman–Crippen LogP) is 2.14. The molecule has 1 aliphatic rings. The molecule has 0 aliphatic heterocycles. The van der Waals surface area contributed by atoms with Gasteiger partial charge in [0.25, 0.3) is 0 Å². The molecule has 6 N–H and O–H groups in total. The van der Waals surface area contributed by atoms with E-state index in [0.29, 0.717) is 18.7 Å². The third-order valence-corrected chi connectivity index (χ3v) is 4.83. The standard InChI is InChI=1S/C15H18O3.C6H14N2O2/c16-14-4-2-1-3-13(14)9-11-5-7-12(8-6-11)10-15(17)18;7-4-2-1-3-5(8)6(9)10/h5-8,13H,1-4,9-10H2,(H,17,18);5H,1-4,7-8H2,(H,9,10)/t;5-/m.0/s1. The minimum Gasteiger partial charge on any atom is -0.481 e. The molecule has 1 saturated carbocycles. The number of rotatable bonds is 9. The molecule has 0 heterocycles. The number of carboxylic acids is 2. The van der Waals surface area contributed by atoms with Crippen LogP contribution in [0.2, 0.25) is 0 Å². The van der Waals surface area contributed by atoms with Crippen LogP contribution in [0.3, 0.4) is 0 Å². The van der Waals surface area contributed by atoms with Crippen molar-refractivity contribution in [1.82, 2.24) is 0 Å². The molecule has 0 aromatic heterocycles. The maximum Gasteiger partial charge on any atom is 0.320 e. The molecule has 2 atom stereocenters. The second-order valence-electron chi connectivity index (χ2n) is 7.23. The van der Waals surface area contributed by atoms with E-state index < -0.39 is 18.0 Å². The van der Waals surface area contributed by atoms with Crippen molar-refractivity contribution in [3.05, 3.63) is 35.4 Å². The van der Waals surface area contributed by atoms with Gasteiger partial charge in [-0.3, -0.25) is 14.4 Å². The lowest BCUT2D eigenvalue weighted by Crippen LogP contribution is -2.29. The first-order valence-electron chi connectivity index (χ1n) is 9.84. The Labute approximate surface area is 166 Å². The summed E-state index contributed by atoms with van der Waals surface area (Å²) in [6.45, 7) is 0.604. The van der Waals surface area contributed by atoms with Gasteiger partial charge in [-0.25, -0.2) is 0 Å². The first kappa shape index (κ1) is 23.8. The van der Waals surface area contributed by atoms with Gasteiger partial charge in [-0.2, -0.15) is 0 Å². The molecule has 2 rings (SSSR count). The molecule has 7 nitrogen and oxygen atoms in total. The third-order valence-electron chi connectivity index (χ3n) is 4.83. The predicted molar refractivity (Wildman–Crippen MR) is 107 cm³/mol. The third kappa shape index (κ3) is 9.62. The van der Waals surface area contributed by atoms with E-state index in [1.165, 1.54) is 0 Å². The van der Waals surface area contributed by atoms with Crippen LogP contribution in [0, 0.1) is 5.92 Å². The number of unbranched alkanes of at least 4 members (excludes halogenated alkanes) is 1. The number of carboxylic acid groups (broad SMARTS) is 2. The van der Waals surface area contributed by atoms with Gasteiger partial charge in [-0.05, 0) is 49.8 Å². The molecule has 1 fully saturated rings. The Morgan fingerprint density at radius 2 is 1.71 bits per heavy atom. The summed E-state index contributed by atoms with van der Waals surface area (Å²) >= 11 is 0. The quantitative estimate of drug-likeness (QED) is 0.471. The van der Waals surface area contributed by atoms with Crippen LogP contribution in [0.1, 0.15) is 56.1 Å². The second kappa shape index (κ2) is 13.0. The number of carbonyl (C=O) groups is 3. The van der Waals surface area contributed by atoms with Gasteiger partial charge in [0.05, 0.1) is 6.42 Å². The maximum absolute atomic E-state index is 11.7. The molecule has 156 valence electrons. The number of aliphatic carboxylic acids is 2. The fourth-order valence-corrected chi connectivity index (χ4v) is 3.16. The molecule has 1 aromatic rings. The molecule has 28 heavy (non-hydrogen) atoms. The van der Waals surface area contributed by atoms with E-state index in [2.05, 4.69) is 0 Å². The van der Waals surface area contributed by atoms with Crippen molar-refractivity contribution in [2.45, 2.75) is 63.8 Å². The molecule has 7 heteroatoms. The highest BCUT2D eigenvalue weighted by Crippen LogP contribution is 2.24. The minimum atomic E-state index is -0.933. The van der Waals surface area contributed by atoms with Gasteiger partial charge in [0.15, 0.2) is 0 Å². The minimum absolute atomic E-state index is 0.0582. The van der Waals surface area contributed by atoms with E-state index in [0.717, 1.165) is 56.1 Å². The van der Waals surface area contributed by atoms with Gasteiger partial charge in [-0.1, -0.05) is 37.1 Å². The molecule has 0 bridgehead atoms. The van der Waals surface area contributed by atoms with Crippen molar-refractivity contribution in [2.24, 2.45) is 17.4 Å². The second-order valence-corrected chi connectivity index (χ2v) is 7.23. The molecular weight excluding hydrogens is 360 g/mol. The molecule has 1 aliphatic carbocycles. The lowest BCUT2D eigenvalue weighted by atomic mass is 9.83. The Hall–Kier alpha value is -2.25. The van der Waals surface area contributed by atoms with Crippen molar-refractivity contribution < 1.29 is 24.6 Å². The molecular formula is C21H32N2O5. The fourth-order valence-electron chi connectivity index (χ4n) is 3.16. The highest BCUT2D eigenvalue weighted by molar-refractivity contribution is 5.81. The lowest BCUT2D eigenvalue weighted by Gasteiger charge is -2.20. The van der Waals surface area contributed by atoms with Gasteiger partial charge >= 0.3 is 11.9 Å². The molecule has 1 unspecified atom stereocenters. The first-order valence-corrected chi connectivity index (χ1v) is 9.84. The highest BCUT2D eigenvalue weighted by atomic mass is 16.4. The SMILES string of the molecule is NCCCC[C@H](N)C(=O)O.O=C(O)Cc1ccc(CC2CCCCC2=O)cc1. The summed E-state index contributed by atoms with van der Waals surface area (Å²) in [5.74, 6) is -1.19. The highest BCUT2D eigenvalue weighted by Gasteiger charge is 2.22. The lowest BCUT2D eigenvalue weighted by molar-refractivity contribution is -0.139. The zero-order valence-electron chi connectivity index (χ0n) is 16.3. The van der Waals surface area contributed by atoms with Gasteiger partial charge in [0, 0.05) is 12.3 Å². The van der Waals surface area contributed by atoms with E-state index in [9.17, 15) is 14.4 Å². The van der Waals surface area contributed by atoms with E-state index in [1.54, 1.807) is 0 Å². The average Bonchev–Trinajstić information content (AvgIpc) is 2.65. The zero-order chi connectivity index (χ0) is 20.9. The number of Topliss-reactive ketones (excluding diaryl/α,β-unsaturated/α-hetero) is 1. The molecule has 1 aromatic carbocycles. The van der Waals surface area contributed by atoms with E-state index >= 15 is 0 Å². The van der Waals surface area contributed by atoms with Crippen molar-refractivity contribution in [3.8, 4) is 0 Å². The summed E-state index contributed by atoms with van der Waals surface area (Å²) in [4.78, 5) is 32.4. The summed E-state index contributed by atoms with van der Waals surface area (Å²) in [7, 11) is 0. The molecule has 0 amide bonds. The van der Waals surface area contributed by atoms with Crippen LogP contribution in [0.5, 0.6) is 0 Å². The Morgan fingerprint density at radius 3 is 2.25 bits per heavy atom. The van der Waals surface area contributed by atoms with E-state index in [-0.39, 0.29) is 12.3 Å². The number of ketones is 1. The van der Waals surface area contributed by atoms with Crippen LogP contribution in [0.15, 0.2) is 24.3 Å². The Morgan fingerprint density at radius 1 is 1.07 bits per heavy atom. The summed E-state index contributed by atoms with van der Waals surface area (Å²) in [6, 6.07) is 6.86. The first-order chi connectivity index (χ1) is 13.3. The fraction of sp³-hybridized carbons (Fsp3) is 0.571. The normalized spacial score (nSPS) is 17.4. The number of benzene rings is 1. The van der Waals surface area contributed by atoms with Gasteiger partial charge in [-0.15, -0.1) is 0 Å². The topological polar surface area (TPSA) is 144 Å². The summed E-state index contributed by atoms with van der Waals surface area (Å²) in [6.07, 6.45) is 6.92. The maximum atomic E-state index is 11.7. The summed E-state index contributed by atoms with van der Waals surface area (Å²) < 4.78 is 0. The van der Waals surface area contributed by atoms with Crippen molar-refractivity contribution in [1.29, 1.82) is 0 Å². The smallest absolute Gasteiger partial charge is 0.320 e. The van der Waals surface area contributed by atoms with Crippen LogP contribution in [-0.2, 0) is 27.2 Å². The van der Waals surface area contributed by atoms with Crippen molar-refractivity contribution in [2.75, 3.05) is 6.54 Å². The average molecular weight is 392 g/mol. The number of hydrogen-bond donors (Lipinski definition) is 4. The monoisotopic (exact) mass is 392 g/mol. The van der Waals surface area contributed by atoms with Crippen LogP contribution in [0.4, 0.5) is 0 Å². The molecule has 0 saturated heterocycles. The van der Waals surface area contributed by atoms with E-state index in [1.807, 2.05) is 24.3 Å². The number of carbonyl (C=O) groups excluding carboxylic acids is 1. The van der Waals surface area contributed by atoms with Crippen LogP contribution in [-0.4, -0.2) is 40.5 Å².